The van der Waals surface area contributed by atoms with Crippen LogP contribution in [0.4, 0.5) is 17.3 Å². The molecule has 0 spiro atoms. The van der Waals surface area contributed by atoms with Crippen molar-refractivity contribution in [3.63, 3.8) is 0 Å². The summed E-state index contributed by atoms with van der Waals surface area (Å²) in [6.45, 7) is 4.24. The van der Waals surface area contributed by atoms with Gasteiger partial charge in [0, 0.05) is 37.1 Å². The molecular weight excluding hydrogens is 513 g/mol. The standard InChI is InChI=1S/C26H27Cl2N7O2/c1-14(2)22-21-18(32-35(22)20-12-30-26(33(3)4)31-25(20)37-5)13-34(19-10-17(28)11-29-24(19)36)23(21)15-6-8-16(27)9-7-15/h6-14,23,32H,1-5H3,(H,29,36)/t23-/m0/s1. The molecule has 0 fully saturated rings. The molecule has 0 saturated heterocycles. The van der Waals surface area contributed by atoms with Crippen LogP contribution in [0.15, 0.2) is 70.7 Å². The molecule has 2 aliphatic rings. The fourth-order valence-corrected chi connectivity index (χ4v) is 4.97. The SMILES string of the molecule is COc1nc(N(C)C)ncc1N1NC2=CN(c3cc(Cl)c[nH]c3=O)[C@@H](c3ccc(Cl)cc3)C2=C1C(C)C. The minimum atomic E-state index is -0.310. The van der Waals surface area contributed by atoms with E-state index in [1.54, 1.807) is 19.4 Å². The van der Waals surface area contributed by atoms with Crippen LogP contribution >= 0.6 is 23.2 Å². The number of halogens is 2. The zero-order chi connectivity index (χ0) is 26.4. The third-order valence-corrected chi connectivity index (χ3v) is 6.75. The van der Waals surface area contributed by atoms with Gasteiger partial charge in [-0.25, -0.2) is 4.98 Å². The number of hydrogen-bond donors (Lipinski definition) is 2. The molecule has 5 rings (SSSR count). The van der Waals surface area contributed by atoms with Crippen LogP contribution in [0.25, 0.3) is 0 Å². The maximum absolute atomic E-state index is 12.9. The number of ether oxygens (including phenoxy) is 1. The maximum Gasteiger partial charge on any atom is 0.271 e. The molecule has 0 radical (unpaired) electrons. The Kier molecular flexibility index (Phi) is 6.51. The lowest BCUT2D eigenvalue weighted by Gasteiger charge is -2.30. The molecule has 9 nitrogen and oxygen atoms in total. The van der Waals surface area contributed by atoms with Gasteiger partial charge in [-0.1, -0.05) is 49.2 Å². The lowest BCUT2D eigenvalue weighted by atomic mass is 9.93. The van der Waals surface area contributed by atoms with E-state index in [1.165, 1.54) is 6.20 Å². The van der Waals surface area contributed by atoms with E-state index in [9.17, 15) is 4.79 Å². The summed E-state index contributed by atoms with van der Waals surface area (Å²) < 4.78 is 5.66. The van der Waals surface area contributed by atoms with Crippen molar-refractivity contribution in [1.82, 2.24) is 20.4 Å². The van der Waals surface area contributed by atoms with Crippen LogP contribution in [0, 0.1) is 5.92 Å². The van der Waals surface area contributed by atoms with Gasteiger partial charge in [-0.3, -0.25) is 15.2 Å². The highest BCUT2D eigenvalue weighted by atomic mass is 35.5. The monoisotopic (exact) mass is 539 g/mol. The van der Waals surface area contributed by atoms with Crippen molar-refractivity contribution in [2.24, 2.45) is 5.92 Å². The van der Waals surface area contributed by atoms with Crippen molar-refractivity contribution in [1.29, 1.82) is 0 Å². The zero-order valence-electron chi connectivity index (χ0n) is 21.1. The summed E-state index contributed by atoms with van der Waals surface area (Å²) in [5, 5.41) is 3.04. The first-order chi connectivity index (χ1) is 17.7. The predicted octanol–water partition coefficient (Wildman–Crippen LogP) is 4.88. The van der Waals surface area contributed by atoms with Gasteiger partial charge in [-0.15, -0.1) is 0 Å². The quantitative estimate of drug-likeness (QED) is 0.457. The largest absolute Gasteiger partial charge is 0.479 e. The number of nitrogens with zero attached hydrogens (tertiary/aromatic N) is 5. The molecule has 0 aliphatic carbocycles. The third kappa shape index (κ3) is 4.38. The number of benzene rings is 1. The van der Waals surface area contributed by atoms with E-state index in [2.05, 4.69) is 34.2 Å². The predicted molar refractivity (Wildman–Crippen MR) is 147 cm³/mol. The second-order valence-electron chi connectivity index (χ2n) is 9.30. The smallest absolute Gasteiger partial charge is 0.271 e. The molecule has 0 saturated carbocycles. The normalized spacial score (nSPS) is 16.8. The summed E-state index contributed by atoms with van der Waals surface area (Å²) in [6.07, 6.45) is 5.16. The molecule has 11 heteroatoms. The Balaban J connectivity index is 1.70. The molecule has 3 aromatic rings. The second kappa shape index (κ2) is 9.64. The van der Waals surface area contributed by atoms with Crippen molar-refractivity contribution in [2.75, 3.05) is 36.0 Å². The van der Waals surface area contributed by atoms with Crippen LogP contribution in [-0.2, 0) is 0 Å². The fraction of sp³-hybridized carbons (Fsp3) is 0.269. The molecule has 37 heavy (non-hydrogen) atoms. The lowest BCUT2D eigenvalue weighted by Crippen LogP contribution is -2.34. The van der Waals surface area contributed by atoms with Crippen LogP contribution in [0.2, 0.25) is 10.0 Å². The first-order valence-corrected chi connectivity index (χ1v) is 12.5. The Hall–Kier alpha value is -3.69. The van der Waals surface area contributed by atoms with Crippen molar-refractivity contribution in [3.05, 3.63) is 91.9 Å². The minimum Gasteiger partial charge on any atom is -0.479 e. The number of anilines is 3. The third-order valence-electron chi connectivity index (χ3n) is 6.28. The van der Waals surface area contributed by atoms with Gasteiger partial charge in [0.2, 0.25) is 11.8 Å². The summed E-state index contributed by atoms with van der Waals surface area (Å²) >= 11 is 12.5. The Morgan fingerprint density at radius 2 is 1.84 bits per heavy atom. The molecule has 2 aliphatic heterocycles. The van der Waals surface area contributed by atoms with Gasteiger partial charge in [0.05, 0.1) is 35.8 Å². The number of H-pyrrole nitrogens is 1. The van der Waals surface area contributed by atoms with Crippen molar-refractivity contribution in [3.8, 4) is 5.88 Å². The number of aromatic amines is 1. The molecule has 4 heterocycles. The van der Waals surface area contributed by atoms with Gasteiger partial charge in [0.15, 0.2) is 0 Å². The molecule has 1 aromatic carbocycles. The van der Waals surface area contributed by atoms with E-state index in [4.69, 9.17) is 27.9 Å². The van der Waals surface area contributed by atoms with Crippen LogP contribution in [-0.4, -0.2) is 36.2 Å². The summed E-state index contributed by atoms with van der Waals surface area (Å²) in [5.41, 5.74) is 8.24. The summed E-state index contributed by atoms with van der Waals surface area (Å²) in [5.74, 6) is 1.08. The van der Waals surface area contributed by atoms with E-state index in [-0.39, 0.29) is 17.5 Å². The molecule has 0 bridgehead atoms. The molecule has 0 unspecified atom stereocenters. The van der Waals surface area contributed by atoms with Gasteiger partial charge in [0.1, 0.15) is 11.4 Å². The number of pyridine rings is 1. The molecular formula is C26H27Cl2N7O2. The highest BCUT2D eigenvalue weighted by Gasteiger charge is 2.43. The molecule has 2 N–H and O–H groups in total. The number of allylic oxidation sites excluding steroid dienone is 1. The average Bonchev–Trinajstić information content (AvgIpc) is 3.41. The molecule has 2 aromatic heterocycles. The van der Waals surface area contributed by atoms with Crippen LogP contribution in [0.1, 0.15) is 25.5 Å². The number of methoxy groups -OCH3 is 1. The fourth-order valence-electron chi connectivity index (χ4n) is 4.69. The van der Waals surface area contributed by atoms with Crippen LogP contribution < -0.4 is 30.5 Å². The van der Waals surface area contributed by atoms with Crippen LogP contribution in [0.3, 0.4) is 0 Å². The topological polar surface area (TPSA) is 89.6 Å². The highest BCUT2D eigenvalue weighted by Crippen LogP contribution is 2.49. The van der Waals surface area contributed by atoms with Crippen molar-refractivity contribution in [2.45, 2.75) is 19.9 Å². The Morgan fingerprint density at radius 1 is 1.11 bits per heavy atom. The van der Waals surface area contributed by atoms with Crippen molar-refractivity contribution >= 4 is 40.5 Å². The minimum absolute atomic E-state index is 0.0963. The average molecular weight is 540 g/mol. The lowest BCUT2D eigenvalue weighted by molar-refractivity contribution is 0.396. The Morgan fingerprint density at radius 3 is 2.49 bits per heavy atom. The summed E-state index contributed by atoms with van der Waals surface area (Å²) in [4.78, 5) is 28.5. The number of hydrazine groups is 1. The number of nitrogens with one attached hydrogen (secondary N) is 2. The number of fused-ring (bicyclic) bond motifs is 1. The molecule has 0 amide bonds. The number of aromatic nitrogens is 3. The Labute approximate surface area is 225 Å². The van der Waals surface area contributed by atoms with Gasteiger partial charge < -0.3 is 19.5 Å². The molecule has 1 atom stereocenters. The first-order valence-electron chi connectivity index (χ1n) is 11.7. The zero-order valence-corrected chi connectivity index (χ0v) is 22.6. The number of rotatable bonds is 6. The van der Waals surface area contributed by atoms with E-state index < -0.39 is 0 Å². The maximum atomic E-state index is 12.9. The first kappa shape index (κ1) is 25.0. The Bertz CT molecular complexity index is 1460. The highest BCUT2D eigenvalue weighted by molar-refractivity contribution is 6.31. The summed E-state index contributed by atoms with van der Waals surface area (Å²) in [7, 11) is 5.34. The van der Waals surface area contributed by atoms with Gasteiger partial charge >= 0.3 is 0 Å². The van der Waals surface area contributed by atoms with E-state index in [1.807, 2.05) is 59.4 Å². The van der Waals surface area contributed by atoms with Crippen LogP contribution in [0.5, 0.6) is 5.88 Å². The van der Waals surface area contributed by atoms with Crippen molar-refractivity contribution < 1.29 is 4.74 Å². The van der Waals surface area contributed by atoms with E-state index in [0.717, 1.165) is 22.5 Å². The molecule has 192 valence electrons. The van der Waals surface area contributed by atoms with Gasteiger partial charge in [-0.2, -0.15) is 4.98 Å². The summed E-state index contributed by atoms with van der Waals surface area (Å²) in [6, 6.07) is 9.00. The number of hydrogen-bond acceptors (Lipinski definition) is 8. The second-order valence-corrected chi connectivity index (χ2v) is 10.2. The van der Waals surface area contributed by atoms with E-state index in [0.29, 0.717) is 33.2 Å². The van der Waals surface area contributed by atoms with Gasteiger partial charge in [-0.05, 0) is 29.7 Å². The van der Waals surface area contributed by atoms with Gasteiger partial charge in [0.25, 0.3) is 5.56 Å². The van der Waals surface area contributed by atoms with E-state index >= 15 is 0 Å².